The number of thioether (sulfide) groups is 1. The summed E-state index contributed by atoms with van der Waals surface area (Å²) in [6, 6.07) is 0. The van der Waals surface area contributed by atoms with Gasteiger partial charge in [-0.2, -0.15) is 0 Å². The number of nitrogens with zero attached hydrogens (tertiary/aromatic N) is 1. The molecule has 0 fully saturated rings. The lowest BCUT2D eigenvalue weighted by molar-refractivity contribution is 1.43. The van der Waals surface area contributed by atoms with E-state index in [0.717, 1.165) is 9.71 Å². The first kappa shape index (κ1) is 13.2. The molecule has 1 nitrogen and oxygen atoms in total. The second-order valence-corrected chi connectivity index (χ2v) is 3.99. The van der Waals surface area contributed by atoms with Crippen LogP contribution in [0.3, 0.4) is 0 Å². The predicted octanol–water partition coefficient (Wildman–Crippen LogP) is 3.09. The first-order chi connectivity index (χ1) is 4.81. The summed E-state index contributed by atoms with van der Waals surface area (Å²) in [4.78, 5) is 4.03. The van der Waals surface area contributed by atoms with Gasteiger partial charge in [-0.05, 0) is 21.7 Å². The zero-order valence-electron chi connectivity index (χ0n) is 5.68. The molecule has 0 aromatic rings. The van der Waals surface area contributed by atoms with E-state index in [0.29, 0.717) is 5.45 Å². The maximum atomic E-state index is 4.03. The van der Waals surface area contributed by atoms with Crippen LogP contribution in [0, 0.1) is 12.8 Å². The molecule has 0 bridgehead atoms. The maximum Gasteiger partial charge on any atom is 0.134 e. The highest BCUT2D eigenvalue weighted by Crippen LogP contribution is 2.09. The summed E-state index contributed by atoms with van der Waals surface area (Å²) in [6.45, 7) is 2.09. The molecule has 0 unspecified atom stereocenters. The van der Waals surface area contributed by atoms with E-state index in [2.05, 4.69) is 56.6 Å². The lowest BCUT2D eigenvalue weighted by atomic mass is 11.0. The first-order valence-electron chi connectivity index (χ1n) is 2.53. The number of hydrogen-bond donors (Lipinski definition) is 0. The van der Waals surface area contributed by atoms with Crippen LogP contribution in [0.1, 0.15) is 6.92 Å². The van der Waals surface area contributed by atoms with Crippen molar-refractivity contribution in [2.75, 3.05) is 11.2 Å². The van der Waals surface area contributed by atoms with Gasteiger partial charge in [0.2, 0.25) is 0 Å². The highest BCUT2D eigenvalue weighted by Gasteiger charge is 1.87. The van der Waals surface area contributed by atoms with Crippen LogP contribution in [0.4, 0.5) is 0 Å². The highest BCUT2D eigenvalue weighted by atomic mass is 79.9. The molecule has 0 saturated carbocycles. The van der Waals surface area contributed by atoms with Crippen LogP contribution in [0.25, 0.3) is 0 Å². The molecule has 0 radical (unpaired) electrons. The van der Waals surface area contributed by atoms with Crippen molar-refractivity contribution in [1.29, 1.82) is 0 Å². The summed E-state index contributed by atoms with van der Waals surface area (Å²) in [5.41, 5.74) is 0.681. The number of alkyl halides is 1. The molecule has 0 rings (SSSR count). The zero-order valence-corrected chi connectivity index (χ0v) is 9.67. The third-order valence-electron chi connectivity index (χ3n) is 0.448. The van der Waals surface area contributed by atoms with Crippen LogP contribution in [-0.2, 0) is 0 Å². The van der Waals surface area contributed by atoms with Crippen molar-refractivity contribution in [2.45, 2.75) is 6.92 Å². The summed E-state index contributed by atoms with van der Waals surface area (Å²) < 4.78 is 0.969. The van der Waals surface area contributed by atoms with Crippen LogP contribution in [0.15, 0.2) is 4.99 Å². The molecule has 0 aromatic heterocycles. The normalized spacial score (nSPS) is 9.90. The summed E-state index contributed by atoms with van der Waals surface area (Å²) in [7, 11) is 0. The summed E-state index contributed by atoms with van der Waals surface area (Å²) in [6.07, 6.45) is 8.00. The quantitative estimate of drug-likeness (QED) is 0.250. The van der Waals surface area contributed by atoms with E-state index >= 15 is 0 Å². The molecular weight excluding hydrogens is 278 g/mol. The van der Waals surface area contributed by atoms with Crippen LogP contribution >= 0.6 is 43.6 Å². The molecule has 10 heavy (non-hydrogen) atoms. The van der Waals surface area contributed by atoms with Gasteiger partial charge in [-0.25, -0.2) is 0 Å². The molecule has 0 heterocycles. The Morgan fingerprint density at radius 1 is 1.60 bits per heavy atom. The second kappa shape index (κ2) is 12.2. The summed E-state index contributed by atoms with van der Waals surface area (Å²) in [5.74, 6) is 1.07. The van der Waals surface area contributed by atoms with Crippen molar-refractivity contribution in [2.24, 2.45) is 4.99 Å². The molecule has 0 atom stereocenters. The fourth-order valence-electron chi connectivity index (χ4n) is 0.212. The Kier molecular flexibility index (Phi) is 16.1. The number of halogens is 2. The Morgan fingerprint density at radius 3 is 2.40 bits per heavy atom. The first-order valence-corrected chi connectivity index (χ1v) is 5.43. The molecule has 0 amide bonds. The van der Waals surface area contributed by atoms with Gasteiger partial charge in [-0.1, -0.05) is 34.6 Å². The van der Waals surface area contributed by atoms with E-state index in [9.17, 15) is 0 Å². The van der Waals surface area contributed by atoms with E-state index in [1.54, 1.807) is 11.8 Å². The topological polar surface area (TPSA) is 12.4 Å². The molecule has 0 aliphatic carbocycles. The number of aliphatic imine (C=N–C) groups is 1. The molecule has 0 spiro atoms. The molecular formula is C6H9Br2NS. The lowest BCUT2D eigenvalue weighted by Crippen LogP contribution is -1.78. The van der Waals surface area contributed by atoms with Gasteiger partial charge in [0, 0.05) is 0 Å². The maximum absolute atomic E-state index is 4.03. The molecule has 0 N–H and O–H groups in total. The van der Waals surface area contributed by atoms with Gasteiger partial charge >= 0.3 is 0 Å². The largest absolute Gasteiger partial charge is 0.260 e. The molecule has 0 aromatic carbocycles. The summed E-state index contributed by atoms with van der Waals surface area (Å²) >= 11 is 8.16. The van der Waals surface area contributed by atoms with E-state index in [1.165, 1.54) is 0 Å². The third-order valence-corrected chi connectivity index (χ3v) is 2.29. The van der Waals surface area contributed by atoms with E-state index in [1.807, 2.05) is 0 Å². The van der Waals surface area contributed by atoms with Crippen molar-refractivity contribution in [3.05, 3.63) is 0 Å². The Balaban J connectivity index is 0. The van der Waals surface area contributed by atoms with E-state index < -0.39 is 0 Å². The van der Waals surface area contributed by atoms with Crippen molar-refractivity contribution >= 4 is 47.6 Å². The lowest BCUT2D eigenvalue weighted by Gasteiger charge is -1.89. The van der Waals surface area contributed by atoms with Gasteiger partial charge < -0.3 is 0 Å². The van der Waals surface area contributed by atoms with E-state index in [4.69, 9.17) is 0 Å². The predicted molar refractivity (Wildman–Crippen MR) is 58.2 cm³/mol. The van der Waals surface area contributed by atoms with Gasteiger partial charge in [0.1, 0.15) is 3.95 Å². The van der Waals surface area contributed by atoms with Gasteiger partial charge in [0.15, 0.2) is 0 Å². The van der Waals surface area contributed by atoms with Crippen LogP contribution in [0.2, 0.25) is 0 Å². The average molecular weight is 287 g/mol. The second-order valence-electron chi connectivity index (χ2n) is 0.964. The minimum absolute atomic E-state index is 0.681. The minimum atomic E-state index is 0.681. The van der Waals surface area contributed by atoms with Gasteiger partial charge in [-0.3, -0.25) is 4.99 Å². The molecule has 58 valence electrons. The van der Waals surface area contributed by atoms with Gasteiger partial charge in [0.05, 0.1) is 5.45 Å². The number of terminal acetylenes is 1. The Hall–Kier alpha value is 0.540. The number of hydrogen-bond acceptors (Lipinski definition) is 2. The van der Waals surface area contributed by atoms with Crippen LogP contribution in [0.5, 0.6) is 0 Å². The van der Waals surface area contributed by atoms with Gasteiger partial charge in [-0.15, -0.1) is 12.8 Å². The molecule has 0 aliphatic rings. The third kappa shape index (κ3) is 11.4. The van der Waals surface area contributed by atoms with Crippen molar-refractivity contribution in [3.8, 4) is 12.8 Å². The standard InChI is InChI=1S/C4H7Br2NS.C2H2/c1-2-8-4(6)7-3-5;1-2/h2-3H2,1H3;1-2H/b7-4-;. The van der Waals surface area contributed by atoms with Gasteiger partial charge in [0.25, 0.3) is 0 Å². The minimum Gasteiger partial charge on any atom is -0.260 e. The van der Waals surface area contributed by atoms with Crippen molar-refractivity contribution in [3.63, 3.8) is 0 Å². The molecule has 0 saturated heterocycles. The fourth-order valence-corrected chi connectivity index (χ4v) is 2.17. The Bertz CT molecular complexity index is 112. The molecule has 4 heteroatoms. The Labute approximate surface area is 83.3 Å². The SMILES string of the molecule is C#C.CCS/C(Br)=N\CBr. The van der Waals surface area contributed by atoms with Crippen LogP contribution in [-0.4, -0.2) is 15.2 Å². The summed E-state index contributed by atoms with van der Waals surface area (Å²) in [5, 5.41) is 0. The van der Waals surface area contributed by atoms with Crippen molar-refractivity contribution < 1.29 is 0 Å². The van der Waals surface area contributed by atoms with E-state index in [-0.39, 0.29) is 0 Å². The monoisotopic (exact) mass is 285 g/mol. The fraction of sp³-hybridized carbons (Fsp3) is 0.500. The zero-order chi connectivity index (χ0) is 8.41. The highest BCUT2D eigenvalue weighted by molar-refractivity contribution is 9.22. The average Bonchev–Trinajstić information content (AvgIpc) is 1.93. The van der Waals surface area contributed by atoms with Crippen molar-refractivity contribution in [1.82, 2.24) is 0 Å². The Morgan fingerprint density at radius 2 is 2.10 bits per heavy atom. The molecule has 0 aliphatic heterocycles. The van der Waals surface area contributed by atoms with Crippen LogP contribution < -0.4 is 0 Å². The smallest absolute Gasteiger partial charge is 0.134 e. The number of rotatable bonds is 2.